The maximum absolute atomic E-state index is 11.3. The predicted octanol–water partition coefficient (Wildman–Crippen LogP) is -0.255. The van der Waals surface area contributed by atoms with Gasteiger partial charge in [-0.25, -0.2) is 9.80 Å². The van der Waals surface area contributed by atoms with Crippen LogP contribution in [0, 0.1) is 0 Å². The Kier molecular flexibility index (Phi) is 5.31. The van der Waals surface area contributed by atoms with E-state index in [1.165, 1.54) is 11.1 Å². The van der Waals surface area contributed by atoms with E-state index in [4.69, 9.17) is 5.11 Å². The molecular formula is C8H15N3O3. The molecule has 0 saturated heterocycles. The molecule has 6 nitrogen and oxygen atoms in total. The number of carbonyl (C=O) groups excluding carboxylic acids is 1. The van der Waals surface area contributed by atoms with E-state index in [0.717, 1.165) is 4.90 Å². The molecule has 0 spiro atoms. The number of hydrogen-bond acceptors (Lipinski definition) is 3. The molecule has 0 heterocycles. The summed E-state index contributed by atoms with van der Waals surface area (Å²) in [6.07, 6.45) is 1.47. The smallest absolute Gasteiger partial charge is 0.332 e. The zero-order valence-corrected chi connectivity index (χ0v) is 8.36. The fourth-order valence-electron chi connectivity index (χ4n) is 0.800. The van der Waals surface area contributed by atoms with Crippen molar-refractivity contribution >= 4 is 12.0 Å². The Morgan fingerprint density at radius 3 is 2.43 bits per heavy atom. The van der Waals surface area contributed by atoms with Crippen molar-refractivity contribution in [3.8, 4) is 0 Å². The molecule has 0 radical (unpaired) electrons. The molecule has 80 valence electrons. The number of urea groups is 1. The third kappa shape index (κ3) is 5.15. The average molecular weight is 201 g/mol. The van der Waals surface area contributed by atoms with E-state index in [1.807, 2.05) is 0 Å². The number of carboxylic acid groups (broad SMARTS) is 1. The number of rotatable bonds is 5. The molecule has 0 unspecified atom stereocenters. The van der Waals surface area contributed by atoms with Crippen LogP contribution in [0.15, 0.2) is 12.7 Å². The van der Waals surface area contributed by atoms with E-state index in [-0.39, 0.29) is 13.1 Å². The third-order valence-electron chi connectivity index (χ3n) is 1.28. The van der Waals surface area contributed by atoms with Crippen molar-refractivity contribution in [3.05, 3.63) is 12.7 Å². The minimum Gasteiger partial charge on any atom is -0.480 e. The highest BCUT2D eigenvalue weighted by atomic mass is 16.4. The zero-order valence-electron chi connectivity index (χ0n) is 8.36. The second-order valence-corrected chi connectivity index (χ2v) is 2.87. The first-order valence-electron chi connectivity index (χ1n) is 4.03. The van der Waals surface area contributed by atoms with Crippen LogP contribution in [0.4, 0.5) is 4.79 Å². The molecule has 0 aliphatic heterocycles. The van der Waals surface area contributed by atoms with Gasteiger partial charge < -0.3 is 10.0 Å². The summed E-state index contributed by atoms with van der Waals surface area (Å²) in [6, 6.07) is -0.461. The summed E-state index contributed by atoms with van der Waals surface area (Å²) >= 11 is 0. The van der Waals surface area contributed by atoms with Gasteiger partial charge in [-0.3, -0.25) is 10.2 Å². The molecule has 0 aliphatic rings. The fourth-order valence-corrected chi connectivity index (χ4v) is 0.800. The molecule has 0 aromatic heterocycles. The molecule has 0 fully saturated rings. The molecule has 6 heteroatoms. The summed E-state index contributed by atoms with van der Waals surface area (Å²) in [5, 5.41) is 9.97. The van der Waals surface area contributed by atoms with Gasteiger partial charge in [0, 0.05) is 20.6 Å². The number of nitrogens with one attached hydrogen (secondary N) is 1. The van der Waals surface area contributed by atoms with Gasteiger partial charge in [0.05, 0.1) is 0 Å². The normalized spacial score (nSPS) is 9.64. The highest BCUT2D eigenvalue weighted by Gasteiger charge is 2.15. The quantitative estimate of drug-likeness (QED) is 0.475. The van der Waals surface area contributed by atoms with Crippen molar-refractivity contribution in [1.82, 2.24) is 15.3 Å². The third-order valence-corrected chi connectivity index (χ3v) is 1.28. The summed E-state index contributed by atoms with van der Waals surface area (Å²) in [7, 11) is 3.29. The zero-order chi connectivity index (χ0) is 11.1. The number of nitrogens with zero attached hydrogens (tertiary/aromatic N) is 2. The molecule has 0 bridgehead atoms. The van der Waals surface area contributed by atoms with Crippen LogP contribution in [-0.4, -0.2) is 54.2 Å². The first-order valence-corrected chi connectivity index (χ1v) is 4.03. The first-order chi connectivity index (χ1) is 6.47. The Hall–Kier alpha value is -1.56. The number of carboxylic acids is 1. The van der Waals surface area contributed by atoms with Gasteiger partial charge in [-0.2, -0.15) is 0 Å². The molecular weight excluding hydrogens is 186 g/mol. The SMILES string of the molecule is C=CCN(CC(=O)O)C(=O)NN(C)C. The number of carbonyl (C=O) groups is 2. The average Bonchev–Trinajstić information content (AvgIpc) is 2.01. The lowest BCUT2D eigenvalue weighted by atomic mass is 10.5. The molecule has 0 aliphatic carbocycles. The summed E-state index contributed by atoms with van der Waals surface area (Å²) in [5.74, 6) is -1.05. The standard InChI is InChI=1S/C8H15N3O3/c1-4-5-11(6-7(12)13)8(14)9-10(2)3/h4H,1,5-6H2,2-3H3,(H,9,14)(H,12,13). The van der Waals surface area contributed by atoms with Gasteiger partial charge in [0.2, 0.25) is 0 Å². The number of amides is 2. The number of hydrazine groups is 1. The molecule has 0 aromatic carbocycles. The van der Waals surface area contributed by atoms with Crippen molar-refractivity contribution in [3.63, 3.8) is 0 Å². The minimum atomic E-state index is -1.05. The molecule has 0 rings (SSSR count). The van der Waals surface area contributed by atoms with Crippen molar-refractivity contribution in [2.24, 2.45) is 0 Å². The van der Waals surface area contributed by atoms with E-state index in [2.05, 4.69) is 12.0 Å². The Morgan fingerprint density at radius 1 is 1.50 bits per heavy atom. The second-order valence-electron chi connectivity index (χ2n) is 2.87. The molecule has 14 heavy (non-hydrogen) atoms. The number of aliphatic carboxylic acids is 1. The van der Waals surface area contributed by atoms with Crippen LogP contribution < -0.4 is 5.43 Å². The van der Waals surface area contributed by atoms with Crippen LogP contribution in [-0.2, 0) is 4.79 Å². The van der Waals surface area contributed by atoms with Gasteiger partial charge >= 0.3 is 12.0 Å². The first kappa shape index (κ1) is 12.4. The van der Waals surface area contributed by atoms with E-state index in [0.29, 0.717) is 0 Å². The van der Waals surface area contributed by atoms with Crippen molar-refractivity contribution < 1.29 is 14.7 Å². The molecule has 0 saturated carbocycles. The van der Waals surface area contributed by atoms with Gasteiger partial charge in [0.15, 0.2) is 0 Å². The Morgan fingerprint density at radius 2 is 2.07 bits per heavy atom. The minimum absolute atomic E-state index is 0.200. The van der Waals surface area contributed by atoms with Crippen LogP contribution in [0.5, 0.6) is 0 Å². The summed E-state index contributed by atoms with van der Waals surface area (Å²) < 4.78 is 0. The molecule has 0 atom stereocenters. The highest BCUT2D eigenvalue weighted by Crippen LogP contribution is 1.90. The Labute approximate surface area is 82.8 Å². The van der Waals surface area contributed by atoms with Gasteiger partial charge in [-0.15, -0.1) is 6.58 Å². The van der Waals surface area contributed by atoms with E-state index < -0.39 is 12.0 Å². The lowest BCUT2D eigenvalue weighted by molar-refractivity contribution is -0.137. The van der Waals surface area contributed by atoms with Crippen LogP contribution in [0.2, 0.25) is 0 Å². The summed E-state index contributed by atoms with van der Waals surface area (Å²) in [6.45, 7) is 3.30. The van der Waals surface area contributed by atoms with E-state index in [1.54, 1.807) is 14.1 Å². The van der Waals surface area contributed by atoms with Gasteiger partial charge in [-0.1, -0.05) is 6.08 Å². The maximum Gasteiger partial charge on any atom is 0.332 e. The predicted molar refractivity (Wildman–Crippen MR) is 51.6 cm³/mol. The Bertz CT molecular complexity index is 228. The van der Waals surface area contributed by atoms with Gasteiger partial charge in [0.25, 0.3) is 0 Å². The lowest BCUT2D eigenvalue weighted by Gasteiger charge is -2.21. The van der Waals surface area contributed by atoms with Crippen LogP contribution in [0.1, 0.15) is 0 Å². The maximum atomic E-state index is 11.3. The summed E-state index contributed by atoms with van der Waals surface area (Å²) in [4.78, 5) is 22.9. The highest BCUT2D eigenvalue weighted by molar-refractivity contribution is 5.79. The van der Waals surface area contributed by atoms with E-state index >= 15 is 0 Å². The monoisotopic (exact) mass is 201 g/mol. The van der Waals surface area contributed by atoms with Crippen LogP contribution in [0.25, 0.3) is 0 Å². The largest absolute Gasteiger partial charge is 0.480 e. The second kappa shape index (κ2) is 5.98. The molecule has 2 N–H and O–H groups in total. The number of hydrogen-bond donors (Lipinski definition) is 2. The van der Waals surface area contributed by atoms with Crippen molar-refractivity contribution in [2.75, 3.05) is 27.2 Å². The van der Waals surface area contributed by atoms with Crippen molar-refractivity contribution in [1.29, 1.82) is 0 Å². The Balaban J connectivity index is 4.24. The van der Waals surface area contributed by atoms with Crippen LogP contribution >= 0.6 is 0 Å². The van der Waals surface area contributed by atoms with Crippen molar-refractivity contribution in [2.45, 2.75) is 0 Å². The fraction of sp³-hybridized carbons (Fsp3) is 0.500. The molecule has 2 amide bonds. The topological polar surface area (TPSA) is 72.9 Å². The lowest BCUT2D eigenvalue weighted by Crippen LogP contribution is -2.47. The van der Waals surface area contributed by atoms with Gasteiger partial charge in [-0.05, 0) is 0 Å². The van der Waals surface area contributed by atoms with E-state index in [9.17, 15) is 9.59 Å². The van der Waals surface area contributed by atoms with Crippen LogP contribution in [0.3, 0.4) is 0 Å². The molecule has 0 aromatic rings. The summed E-state index contributed by atoms with van der Waals surface area (Å²) in [5.41, 5.74) is 2.44. The van der Waals surface area contributed by atoms with Gasteiger partial charge in [0.1, 0.15) is 6.54 Å².